The molecule has 0 radical (unpaired) electrons. The fraction of sp³-hybridized carbons (Fsp3) is 0.300. The molecule has 0 bridgehead atoms. The van der Waals surface area contributed by atoms with E-state index in [1.54, 1.807) is 0 Å². The summed E-state index contributed by atoms with van der Waals surface area (Å²) in [6.45, 7) is 0.346. The van der Waals surface area contributed by atoms with E-state index in [0.29, 0.717) is 5.75 Å². The highest BCUT2D eigenvalue weighted by Crippen LogP contribution is 2.11. The number of ether oxygens (including phenoxy) is 1. The third-order valence-electron chi connectivity index (χ3n) is 1.84. The van der Waals surface area contributed by atoms with E-state index in [4.69, 9.17) is 9.84 Å². The second kappa shape index (κ2) is 5.65. The van der Waals surface area contributed by atoms with Crippen LogP contribution < -0.4 is 9.46 Å². The molecule has 0 saturated carbocycles. The molecule has 1 aromatic carbocycles. The van der Waals surface area contributed by atoms with Gasteiger partial charge in [0.1, 0.15) is 12.4 Å². The SMILES string of the molecule is CS(=O)(=O)NCCOc1ccc(C(=O)O)cc1. The molecule has 0 aliphatic heterocycles. The lowest BCUT2D eigenvalue weighted by Crippen LogP contribution is -2.26. The lowest BCUT2D eigenvalue weighted by molar-refractivity contribution is 0.0697. The first-order valence-corrected chi connectivity index (χ1v) is 6.68. The number of hydrogen-bond acceptors (Lipinski definition) is 4. The standard InChI is InChI=1S/C10H13NO5S/c1-17(14,15)11-6-7-16-9-4-2-8(3-5-9)10(12)13/h2-5,11H,6-7H2,1H3,(H,12,13). The third kappa shape index (κ3) is 5.32. The molecule has 1 rings (SSSR count). The molecule has 2 N–H and O–H groups in total. The van der Waals surface area contributed by atoms with Crippen LogP contribution in [0.3, 0.4) is 0 Å². The van der Waals surface area contributed by atoms with E-state index in [9.17, 15) is 13.2 Å². The Kier molecular flexibility index (Phi) is 4.47. The van der Waals surface area contributed by atoms with Crippen LogP contribution in [0.25, 0.3) is 0 Å². The van der Waals surface area contributed by atoms with Crippen molar-refractivity contribution in [3.63, 3.8) is 0 Å². The van der Waals surface area contributed by atoms with Crippen LogP contribution in [0.4, 0.5) is 0 Å². The Bertz CT molecular complexity index is 480. The third-order valence-corrected chi connectivity index (χ3v) is 2.56. The fourth-order valence-electron chi connectivity index (χ4n) is 1.09. The zero-order valence-corrected chi connectivity index (χ0v) is 10.0. The molecule has 0 heterocycles. The molecular weight excluding hydrogens is 246 g/mol. The van der Waals surface area contributed by atoms with Gasteiger partial charge in [0.15, 0.2) is 0 Å². The van der Waals surface area contributed by atoms with Gasteiger partial charge < -0.3 is 9.84 Å². The van der Waals surface area contributed by atoms with Crippen molar-refractivity contribution in [1.82, 2.24) is 4.72 Å². The van der Waals surface area contributed by atoms with Crippen LogP contribution >= 0.6 is 0 Å². The van der Waals surface area contributed by atoms with Crippen molar-refractivity contribution in [2.24, 2.45) is 0 Å². The molecule has 6 nitrogen and oxygen atoms in total. The lowest BCUT2D eigenvalue weighted by Gasteiger charge is -2.06. The molecule has 0 fully saturated rings. The summed E-state index contributed by atoms with van der Waals surface area (Å²) < 4.78 is 29.0. The number of rotatable bonds is 6. The Balaban J connectivity index is 2.40. The van der Waals surface area contributed by atoms with Crippen LogP contribution in [0.15, 0.2) is 24.3 Å². The van der Waals surface area contributed by atoms with Crippen molar-refractivity contribution in [3.8, 4) is 5.75 Å². The molecule has 0 amide bonds. The zero-order valence-electron chi connectivity index (χ0n) is 9.21. The highest BCUT2D eigenvalue weighted by Gasteiger charge is 2.02. The van der Waals surface area contributed by atoms with Gasteiger partial charge in [-0.3, -0.25) is 0 Å². The summed E-state index contributed by atoms with van der Waals surface area (Å²) >= 11 is 0. The summed E-state index contributed by atoms with van der Waals surface area (Å²) in [6, 6.07) is 5.87. The van der Waals surface area contributed by atoms with Gasteiger partial charge in [-0.15, -0.1) is 0 Å². The molecule has 17 heavy (non-hydrogen) atoms. The average Bonchev–Trinajstić information content (AvgIpc) is 2.24. The lowest BCUT2D eigenvalue weighted by atomic mass is 10.2. The smallest absolute Gasteiger partial charge is 0.335 e. The summed E-state index contributed by atoms with van der Waals surface area (Å²) in [6.07, 6.45) is 1.06. The summed E-state index contributed by atoms with van der Waals surface area (Å²) in [7, 11) is -3.20. The van der Waals surface area contributed by atoms with E-state index in [0.717, 1.165) is 6.26 Å². The van der Waals surface area contributed by atoms with Crippen LogP contribution in [-0.2, 0) is 10.0 Å². The summed E-state index contributed by atoms with van der Waals surface area (Å²) in [5, 5.41) is 8.66. The molecule has 0 saturated heterocycles. The van der Waals surface area contributed by atoms with E-state index >= 15 is 0 Å². The molecule has 1 aromatic rings. The summed E-state index contributed by atoms with van der Waals surface area (Å²) in [5.74, 6) is -0.513. The first kappa shape index (κ1) is 13.5. The number of carbonyl (C=O) groups is 1. The maximum atomic E-state index is 10.7. The number of benzene rings is 1. The van der Waals surface area contributed by atoms with E-state index in [2.05, 4.69) is 4.72 Å². The van der Waals surface area contributed by atoms with Crippen molar-refractivity contribution in [1.29, 1.82) is 0 Å². The van der Waals surface area contributed by atoms with Gasteiger partial charge in [0.05, 0.1) is 11.8 Å². The highest BCUT2D eigenvalue weighted by molar-refractivity contribution is 7.88. The van der Waals surface area contributed by atoms with Crippen LogP contribution in [-0.4, -0.2) is 38.9 Å². The molecule has 7 heteroatoms. The Morgan fingerprint density at radius 2 is 1.94 bits per heavy atom. The Morgan fingerprint density at radius 1 is 1.35 bits per heavy atom. The molecule has 94 valence electrons. The first-order valence-electron chi connectivity index (χ1n) is 4.79. The average molecular weight is 259 g/mol. The number of sulfonamides is 1. The van der Waals surface area contributed by atoms with Gasteiger partial charge in [-0.05, 0) is 24.3 Å². The summed E-state index contributed by atoms with van der Waals surface area (Å²) in [5.41, 5.74) is 0.173. The predicted octanol–water partition coefficient (Wildman–Crippen LogP) is 0.313. The number of nitrogens with one attached hydrogen (secondary N) is 1. The fourth-order valence-corrected chi connectivity index (χ4v) is 1.54. The van der Waals surface area contributed by atoms with E-state index in [1.165, 1.54) is 24.3 Å². The van der Waals surface area contributed by atoms with Gasteiger partial charge in [0.25, 0.3) is 0 Å². The minimum Gasteiger partial charge on any atom is -0.492 e. The van der Waals surface area contributed by atoms with Crippen LogP contribution in [0.5, 0.6) is 5.75 Å². The quantitative estimate of drug-likeness (QED) is 0.717. The van der Waals surface area contributed by atoms with Crippen LogP contribution in [0.2, 0.25) is 0 Å². The largest absolute Gasteiger partial charge is 0.492 e. The minimum absolute atomic E-state index is 0.166. The molecule has 0 aliphatic carbocycles. The molecular formula is C10H13NO5S. The van der Waals surface area contributed by atoms with Gasteiger partial charge in [-0.25, -0.2) is 17.9 Å². The topological polar surface area (TPSA) is 92.7 Å². The van der Waals surface area contributed by atoms with Crippen molar-refractivity contribution < 1.29 is 23.1 Å². The first-order chi connectivity index (χ1) is 7.88. The predicted molar refractivity (Wildman–Crippen MR) is 61.7 cm³/mol. The monoisotopic (exact) mass is 259 g/mol. The normalized spacial score (nSPS) is 11.1. The molecule has 0 aliphatic rings. The Labute approximate surface area is 99.3 Å². The maximum Gasteiger partial charge on any atom is 0.335 e. The van der Waals surface area contributed by atoms with E-state index < -0.39 is 16.0 Å². The second-order valence-corrected chi connectivity index (χ2v) is 5.18. The highest BCUT2D eigenvalue weighted by atomic mass is 32.2. The van der Waals surface area contributed by atoms with Gasteiger partial charge in [0.2, 0.25) is 10.0 Å². The summed E-state index contributed by atoms with van der Waals surface area (Å²) in [4.78, 5) is 10.6. The molecule has 0 spiro atoms. The van der Waals surface area contributed by atoms with Crippen LogP contribution in [0.1, 0.15) is 10.4 Å². The van der Waals surface area contributed by atoms with Gasteiger partial charge >= 0.3 is 5.97 Å². The van der Waals surface area contributed by atoms with Gasteiger partial charge in [-0.1, -0.05) is 0 Å². The van der Waals surface area contributed by atoms with Crippen molar-refractivity contribution in [2.45, 2.75) is 0 Å². The second-order valence-electron chi connectivity index (χ2n) is 3.34. The van der Waals surface area contributed by atoms with Crippen molar-refractivity contribution in [3.05, 3.63) is 29.8 Å². The number of hydrogen-bond donors (Lipinski definition) is 2. The van der Waals surface area contributed by atoms with Crippen LogP contribution in [0, 0.1) is 0 Å². The minimum atomic E-state index is -3.20. The van der Waals surface area contributed by atoms with E-state index in [-0.39, 0.29) is 18.7 Å². The zero-order chi connectivity index (χ0) is 12.9. The number of carboxylic acid groups (broad SMARTS) is 1. The molecule has 0 aromatic heterocycles. The van der Waals surface area contributed by atoms with E-state index in [1.807, 2.05) is 0 Å². The van der Waals surface area contributed by atoms with Gasteiger partial charge in [0, 0.05) is 6.54 Å². The maximum absolute atomic E-state index is 10.7. The van der Waals surface area contributed by atoms with Crippen molar-refractivity contribution in [2.75, 3.05) is 19.4 Å². The van der Waals surface area contributed by atoms with Crippen molar-refractivity contribution >= 4 is 16.0 Å². The molecule has 0 unspecified atom stereocenters. The molecule has 0 atom stereocenters. The van der Waals surface area contributed by atoms with Gasteiger partial charge in [-0.2, -0.15) is 0 Å². The Hall–Kier alpha value is -1.60. The number of aromatic carboxylic acids is 1. The number of carboxylic acids is 1. The Morgan fingerprint density at radius 3 is 2.41 bits per heavy atom.